The fourth-order valence-electron chi connectivity index (χ4n) is 2.77. The van der Waals surface area contributed by atoms with Crippen LogP contribution in [0.2, 0.25) is 0 Å². The Morgan fingerprint density at radius 3 is 2.36 bits per heavy atom. The van der Waals surface area contributed by atoms with Crippen LogP contribution in [0.25, 0.3) is 0 Å². The van der Waals surface area contributed by atoms with Gasteiger partial charge in [0.05, 0.1) is 25.5 Å². The van der Waals surface area contributed by atoms with E-state index in [2.05, 4.69) is 0 Å². The number of piperazine rings is 1. The summed E-state index contributed by atoms with van der Waals surface area (Å²) in [6.45, 7) is 3.37. The number of sulfonamides is 1. The zero-order valence-electron chi connectivity index (χ0n) is 15.0. The Morgan fingerprint density at radius 1 is 1.12 bits per heavy atom. The van der Waals surface area contributed by atoms with Gasteiger partial charge in [0.2, 0.25) is 10.0 Å². The van der Waals surface area contributed by atoms with Gasteiger partial charge in [0, 0.05) is 32.2 Å². The van der Waals surface area contributed by atoms with E-state index in [9.17, 15) is 13.2 Å². The van der Waals surface area contributed by atoms with E-state index in [0.717, 1.165) is 6.42 Å². The molecule has 1 aromatic carbocycles. The molecule has 140 valence electrons. The third kappa shape index (κ3) is 4.64. The van der Waals surface area contributed by atoms with Crippen molar-refractivity contribution in [2.24, 2.45) is 0 Å². The number of hydrogen-bond donors (Lipinski definition) is 0. The predicted octanol–water partition coefficient (Wildman–Crippen LogP) is 1.59. The quantitative estimate of drug-likeness (QED) is 0.729. The highest BCUT2D eigenvalue weighted by atomic mass is 32.2. The fourth-order valence-corrected chi connectivity index (χ4v) is 4.40. The zero-order chi connectivity index (χ0) is 18.4. The number of hydrogen-bond acceptors (Lipinski definition) is 5. The molecule has 25 heavy (non-hydrogen) atoms. The molecule has 0 radical (unpaired) electrons. The van der Waals surface area contributed by atoms with Crippen molar-refractivity contribution in [1.82, 2.24) is 9.21 Å². The van der Waals surface area contributed by atoms with Gasteiger partial charge in [-0.3, -0.25) is 4.79 Å². The van der Waals surface area contributed by atoms with Gasteiger partial charge in [-0.25, -0.2) is 8.42 Å². The standard InChI is InChI=1S/C17H26N2O5S/c1-4-5-12-25(21,22)19-10-8-18(9-11-19)17(20)15-7-6-14(23-2)13-16(15)24-3/h6-7,13H,4-5,8-12H2,1-3H3. The van der Waals surface area contributed by atoms with E-state index in [1.54, 1.807) is 30.2 Å². The molecule has 0 unspecified atom stereocenters. The van der Waals surface area contributed by atoms with Crippen LogP contribution in [-0.4, -0.2) is 69.7 Å². The average Bonchev–Trinajstić information content (AvgIpc) is 2.65. The molecule has 1 fully saturated rings. The number of nitrogens with zero attached hydrogens (tertiary/aromatic N) is 2. The average molecular weight is 370 g/mol. The number of carbonyl (C=O) groups is 1. The first-order chi connectivity index (χ1) is 11.9. The largest absolute Gasteiger partial charge is 0.497 e. The van der Waals surface area contributed by atoms with Crippen molar-refractivity contribution in [2.45, 2.75) is 19.8 Å². The van der Waals surface area contributed by atoms with Crippen molar-refractivity contribution in [2.75, 3.05) is 46.2 Å². The maximum absolute atomic E-state index is 12.7. The van der Waals surface area contributed by atoms with Crippen LogP contribution in [-0.2, 0) is 10.0 Å². The normalized spacial score (nSPS) is 15.9. The van der Waals surface area contributed by atoms with Gasteiger partial charge in [-0.1, -0.05) is 13.3 Å². The van der Waals surface area contributed by atoms with Crippen LogP contribution in [0, 0.1) is 0 Å². The minimum absolute atomic E-state index is 0.162. The Kier molecular flexibility index (Phi) is 6.66. The van der Waals surface area contributed by atoms with E-state index < -0.39 is 10.0 Å². The highest BCUT2D eigenvalue weighted by molar-refractivity contribution is 7.89. The van der Waals surface area contributed by atoms with E-state index in [-0.39, 0.29) is 11.7 Å². The van der Waals surface area contributed by atoms with Crippen molar-refractivity contribution >= 4 is 15.9 Å². The predicted molar refractivity (Wildman–Crippen MR) is 95.7 cm³/mol. The molecule has 1 amide bonds. The van der Waals surface area contributed by atoms with E-state index in [1.165, 1.54) is 11.4 Å². The molecule has 1 aliphatic rings. The van der Waals surface area contributed by atoms with Gasteiger partial charge in [0.25, 0.3) is 5.91 Å². The summed E-state index contributed by atoms with van der Waals surface area (Å²) < 4.78 is 36.4. The molecule has 0 N–H and O–H groups in total. The summed E-state index contributed by atoms with van der Waals surface area (Å²) in [5.74, 6) is 1.07. The molecular weight excluding hydrogens is 344 g/mol. The number of unbranched alkanes of at least 4 members (excludes halogenated alkanes) is 1. The molecule has 7 nitrogen and oxygen atoms in total. The maximum Gasteiger partial charge on any atom is 0.257 e. The molecule has 0 saturated carbocycles. The SMILES string of the molecule is CCCCS(=O)(=O)N1CCN(C(=O)c2ccc(OC)cc2OC)CC1. The minimum atomic E-state index is -3.23. The number of carbonyl (C=O) groups excluding carboxylic acids is 1. The van der Waals surface area contributed by atoms with Crippen molar-refractivity contribution in [1.29, 1.82) is 0 Å². The molecule has 1 aromatic rings. The number of amides is 1. The van der Waals surface area contributed by atoms with Crippen LogP contribution in [0.15, 0.2) is 18.2 Å². The molecule has 1 heterocycles. The van der Waals surface area contributed by atoms with Crippen LogP contribution in [0.3, 0.4) is 0 Å². The topological polar surface area (TPSA) is 76.2 Å². The van der Waals surface area contributed by atoms with Crippen LogP contribution in [0.5, 0.6) is 11.5 Å². The second-order valence-corrected chi connectivity index (χ2v) is 8.02. The molecule has 0 aliphatic carbocycles. The molecule has 8 heteroatoms. The lowest BCUT2D eigenvalue weighted by atomic mass is 10.1. The van der Waals surface area contributed by atoms with E-state index in [0.29, 0.717) is 49.7 Å². The molecular formula is C17H26N2O5S. The Bertz CT molecular complexity index is 697. The molecule has 0 atom stereocenters. The summed E-state index contributed by atoms with van der Waals surface area (Å²) in [6.07, 6.45) is 1.50. The Hall–Kier alpha value is -1.80. The monoisotopic (exact) mass is 370 g/mol. The van der Waals surface area contributed by atoms with Crippen molar-refractivity contribution in [3.05, 3.63) is 23.8 Å². The second-order valence-electron chi connectivity index (χ2n) is 5.93. The Labute approximate surface area is 149 Å². The summed E-state index contributed by atoms with van der Waals surface area (Å²) >= 11 is 0. The molecule has 2 rings (SSSR count). The highest BCUT2D eigenvalue weighted by Gasteiger charge is 2.29. The minimum Gasteiger partial charge on any atom is -0.497 e. The van der Waals surface area contributed by atoms with E-state index in [1.807, 2.05) is 6.92 Å². The highest BCUT2D eigenvalue weighted by Crippen LogP contribution is 2.26. The van der Waals surface area contributed by atoms with Crippen LogP contribution < -0.4 is 9.47 Å². The number of ether oxygens (including phenoxy) is 2. The number of rotatable bonds is 7. The van der Waals surface area contributed by atoms with Gasteiger partial charge in [-0.2, -0.15) is 4.31 Å². The third-order valence-corrected chi connectivity index (χ3v) is 6.27. The zero-order valence-corrected chi connectivity index (χ0v) is 15.8. The third-order valence-electron chi connectivity index (χ3n) is 4.31. The van der Waals surface area contributed by atoms with Gasteiger partial charge >= 0.3 is 0 Å². The summed E-state index contributed by atoms with van der Waals surface area (Å²) in [7, 11) is -0.173. The lowest BCUT2D eigenvalue weighted by Gasteiger charge is -2.34. The van der Waals surface area contributed by atoms with Crippen molar-refractivity contribution < 1.29 is 22.7 Å². The van der Waals surface area contributed by atoms with Gasteiger partial charge < -0.3 is 14.4 Å². The number of methoxy groups -OCH3 is 2. The van der Waals surface area contributed by atoms with Gasteiger partial charge in [-0.15, -0.1) is 0 Å². The van der Waals surface area contributed by atoms with Crippen molar-refractivity contribution in [3.63, 3.8) is 0 Å². The molecule has 1 saturated heterocycles. The van der Waals surface area contributed by atoms with E-state index in [4.69, 9.17) is 9.47 Å². The summed E-state index contributed by atoms with van der Waals surface area (Å²) in [4.78, 5) is 14.4. The molecule has 1 aliphatic heterocycles. The lowest BCUT2D eigenvalue weighted by Crippen LogP contribution is -2.51. The fraction of sp³-hybridized carbons (Fsp3) is 0.588. The van der Waals surface area contributed by atoms with Crippen molar-refractivity contribution in [3.8, 4) is 11.5 Å². The molecule has 0 bridgehead atoms. The molecule has 0 spiro atoms. The van der Waals surface area contributed by atoms with Gasteiger partial charge in [0.15, 0.2) is 0 Å². The summed E-state index contributed by atoms with van der Waals surface area (Å²) in [5, 5.41) is 0. The van der Waals surface area contributed by atoms with Gasteiger partial charge in [-0.05, 0) is 18.6 Å². The first kappa shape index (κ1) is 19.5. The molecule has 0 aromatic heterocycles. The Balaban J connectivity index is 2.04. The van der Waals surface area contributed by atoms with Crippen LogP contribution in [0.4, 0.5) is 0 Å². The van der Waals surface area contributed by atoms with Crippen LogP contribution in [0.1, 0.15) is 30.1 Å². The maximum atomic E-state index is 12.7. The summed E-state index contributed by atoms with van der Waals surface area (Å²) in [6, 6.07) is 5.05. The summed E-state index contributed by atoms with van der Waals surface area (Å²) in [5.41, 5.74) is 0.450. The first-order valence-corrected chi connectivity index (χ1v) is 10.0. The lowest BCUT2D eigenvalue weighted by molar-refractivity contribution is 0.0694. The van der Waals surface area contributed by atoms with Crippen LogP contribution >= 0.6 is 0 Å². The second kappa shape index (κ2) is 8.53. The first-order valence-electron chi connectivity index (χ1n) is 8.42. The smallest absolute Gasteiger partial charge is 0.257 e. The van der Waals surface area contributed by atoms with Gasteiger partial charge in [0.1, 0.15) is 11.5 Å². The Morgan fingerprint density at radius 2 is 1.80 bits per heavy atom. The number of benzene rings is 1. The van der Waals surface area contributed by atoms with E-state index >= 15 is 0 Å².